The van der Waals surface area contributed by atoms with Gasteiger partial charge < -0.3 is 5.11 Å². The summed E-state index contributed by atoms with van der Waals surface area (Å²) < 4.78 is 0. The fourth-order valence-corrected chi connectivity index (χ4v) is 1.91. The van der Waals surface area contributed by atoms with Crippen LogP contribution in [0.5, 0.6) is 0 Å². The van der Waals surface area contributed by atoms with Crippen LogP contribution >= 0.6 is 11.6 Å². The molecule has 3 nitrogen and oxygen atoms in total. The average Bonchev–Trinajstić information content (AvgIpc) is 2.41. The van der Waals surface area contributed by atoms with Gasteiger partial charge in [-0.1, -0.05) is 23.7 Å². The number of aromatic nitrogens is 1. The molecule has 0 radical (unpaired) electrons. The van der Waals surface area contributed by atoms with Crippen LogP contribution < -0.4 is 0 Å². The number of benzene rings is 1. The Labute approximate surface area is 110 Å². The lowest BCUT2D eigenvalue weighted by atomic mass is 10.0. The van der Waals surface area contributed by atoms with Crippen LogP contribution in [0.15, 0.2) is 42.7 Å². The first-order chi connectivity index (χ1) is 8.70. The first kappa shape index (κ1) is 12.6. The molecule has 0 spiro atoms. The Morgan fingerprint density at radius 3 is 2.94 bits per heavy atom. The maximum absolute atomic E-state index is 10.1. The van der Waals surface area contributed by atoms with E-state index in [0.717, 1.165) is 5.56 Å². The molecule has 1 atom stereocenters. The van der Waals surface area contributed by atoms with Crippen molar-refractivity contribution in [3.05, 3.63) is 64.4 Å². The first-order valence-electron chi connectivity index (χ1n) is 5.47. The Balaban J connectivity index is 2.20. The van der Waals surface area contributed by atoms with Gasteiger partial charge in [0, 0.05) is 18.8 Å². The van der Waals surface area contributed by atoms with E-state index >= 15 is 0 Å². The van der Waals surface area contributed by atoms with Gasteiger partial charge in [-0.05, 0) is 29.3 Å². The minimum atomic E-state index is -0.682. The molecule has 90 valence electrons. The average molecular weight is 259 g/mol. The van der Waals surface area contributed by atoms with Crippen molar-refractivity contribution in [2.75, 3.05) is 0 Å². The SMILES string of the molecule is N#Cc1cccc(C(O)Cc2ccncc2Cl)c1. The summed E-state index contributed by atoms with van der Waals surface area (Å²) in [7, 11) is 0. The smallest absolute Gasteiger partial charge is 0.0991 e. The first-order valence-corrected chi connectivity index (χ1v) is 5.85. The predicted molar refractivity (Wildman–Crippen MR) is 69.1 cm³/mol. The van der Waals surface area contributed by atoms with Gasteiger partial charge >= 0.3 is 0 Å². The van der Waals surface area contributed by atoms with Crippen LogP contribution in [-0.2, 0) is 6.42 Å². The highest BCUT2D eigenvalue weighted by Crippen LogP contribution is 2.23. The molecule has 0 aliphatic carbocycles. The third kappa shape index (κ3) is 2.86. The summed E-state index contributed by atoms with van der Waals surface area (Å²) >= 11 is 5.99. The maximum Gasteiger partial charge on any atom is 0.0991 e. The molecule has 1 N–H and O–H groups in total. The third-order valence-electron chi connectivity index (χ3n) is 2.67. The second-order valence-electron chi connectivity index (χ2n) is 3.92. The molecule has 4 heteroatoms. The quantitative estimate of drug-likeness (QED) is 0.921. The molecule has 0 aliphatic rings. The number of hydrogen-bond donors (Lipinski definition) is 1. The topological polar surface area (TPSA) is 56.9 Å². The van der Waals surface area contributed by atoms with Crippen molar-refractivity contribution >= 4 is 11.6 Å². The monoisotopic (exact) mass is 258 g/mol. The van der Waals surface area contributed by atoms with Gasteiger partial charge in [0.25, 0.3) is 0 Å². The van der Waals surface area contributed by atoms with Gasteiger partial charge in [-0.25, -0.2) is 0 Å². The molecule has 2 rings (SSSR count). The molecule has 2 aromatic rings. The van der Waals surface area contributed by atoms with Crippen molar-refractivity contribution in [1.29, 1.82) is 5.26 Å². The number of hydrogen-bond acceptors (Lipinski definition) is 3. The molecule has 0 amide bonds. The summed E-state index contributed by atoms with van der Waals surface area (Å²) in [6.07, 6.45) is 2.91. The van der Waals surface area contributed by atoms with Gasteiger partial charge in [-0.3, -0.25) is 4.98 Å². The van der Waals surface area contributed by atoms with Gasteiger partial charge in [0.05, 0.1) is 22.8 Å². The van der Waals surface area contributed by atoms with Gasteiger partial charge in [0.1, 0.15) is 0 Å². The Bertz CT molecular complexity index is 592. The highest BCUT2D eigenvalue weighted by molar-refractivity contribution is 6.31. The van der Waals surface area contributed by atoms with Crippen LogP contribution in [0, 0.1) is 11.3 Å². The van der Waals surface area contributed by atoms with Crippen molar-refractivity contribution < 1.29 is 5.11 Å². The van der Waals surface area contributed by atoms with Crippen LogP contribution in [-0.4, -0.2) is 10.1 Å². The second kappa shape index (κ2) is 5.63. The zero-order valence-electron chi connectivity index (χ0n) is 9.55. The van der Waals surface area contributed by atoms with E-state index in [0.29, 0.717) is 22.6 Å². The van der Waals surface area contributed by atoms with E-state index in [1.165, 1.54) is 0 Å². The molecule has 18 heavy (non-hydrogen) atoms. The van der Waals surface area contributed by atoms with Crippen LogP contribution in [0.3, 0.4) is 0 Å². The molecule has 1 unspecified atom stereocenters. The lowest BCUT2D eigenvalue weighted by Crippen LogP contribution is -2.02. The Hall–Kier alpha value is -1.89. The van der Waals surface area contributed by atoms with Gasteiger partial charge in [0.15, 0.2) is 0 Å². The Morgan fingerprint density at radius 1 is 1.39 bits per heavy atom. The maximum atomic E-state index is 10.1. The lowest BCUT2D eigenvalue weighted by molar-refractivity contribution is 0.178. The summed E-state index contributed by atoms with van der Waals surface area (Å²) in [6, 6.07) is 10.8. The standard InChI is InChI=1S/C14H11ClN2O/c15-13-9-17-5-4-11(13)7-14(18)12-3-1-2-10(6-12)8-16/h1-6,9,14,18H,7H2. The zero-order valence-corrected chi connectivity index (χ0v) is 10.3. The van der Waals surface area contributed by atoms with E-state index in [2.05, 4.69) is 11.1 Å². The van der Waals surface area contributed by atoms with Crippen molar-refractivity contribution in [3.63, 3.8) is 0 Å². The molecule has 0 bridgehead atoms. The molecule has 0 fully saturated rings. The normalized spacial score (nSPS) is 11.8. The zero-order chi connectivity index (χ0) is 13.0. The van der Waals surface area contributed by atoms with Crippen LogP contribution in [0.4, 0.5) is 0 Å². The number of halogens is 1. The number of nitrogens with zero attached hydrogens (tertiary/aromatic N) is 2. The fraction of sp³-hybridized carbons (Fsp3) is 0.143. The number of pyridine rings is 1. The molecule has 1 aromatic heterocycles. The van der Waals surface area contributed by atoms with E-state index in [1.807, 2.05) is 0 Å². The molecule has 0 saturated carbocycles. The van der Waals surface area contributed by atoms with Crippen molar-refractivity contribution in [2.45, 2.75) is 12.5 Å². The summed E-state index contributed by atoms with van der Waals surface area (Å²) in [6.45, 7) is 0. The summed E-state index contributed by atoms with van der Waals surface area (Å²) in [5, 5.41) is 19.5. The molecular formula is C14H11ClN2O. The summed E-state index contributed by atoms with van der Waals surface area (Å²) in [5.74, 6) is 0. The minimum Gasteiger partial charge on any atom is -0.388 e. The Morgan fingerprint density at radius 2 is 2.22 bits per heavy atom. The van der Waals surface area contributed by atoms with E-state index in [9.17, 15) is 5.11 Å². The predicted octanol–water partition coefficient (Wildman–Crippen LogP) is 2.88. The number of nitriles is 1. The summed E-state index contributed by atoms with van der Waals surface area (Å²) in [4.78, 5) is 3.90. The highest BCUT2D eigenvalue weighted by atomic mass is 35.5. The van der Waals surface area contributed by atoms with Crippen LogP contribution in [0.1, 0.15) is 22.8 Å². The largest absolute Gasteiger partial charge is 0.388 e. The second-order valence-corrected chi connectivity index (χ2v) is 4.33. The van der Waals surface area contributed by atoms with E-state index in [1.54, 1.807) is 42.7 Å². The highest BCUT2D eigenvalue weighted by Gasteiger charge is 2.11. The van der Waals surface area contributed by atoms with Crippen LogP contribution in [0.2, 0.25) is 5.02 Å². The van der Waals surface area contributed by atoms with Crippen molar-refractivity contribution in [2.24, 2.45) is 0 Å². The van der Waals surface area contributed by atoms with Gasteiger partial charge in [0.2, 0.25) is 0 Å². The lowest BCUT2D eigenvalue weighted by Gasteiger charge is -2.12. The Kier molecular flexibility index (Phi) is 3.93. The number of rotatable bonds is 3. The molecule has 1 heterocycles. The van der Waals surface area contributed by atoms with E-state index in [-0.39, 0.29) is 0 Å². The summed E-state index contributed by atoms with van der Waals surface area (Å²) in [5.41, 5.74) is 2.08. The molecular weight excluding hydrogens is 248 g/mol. The van der Waals surface area contributed by atoms with E-state index < -0.39 is 6.10 Å². The number of aliphatic hydroxyl groups excluding tert-OH is 1. The van der Waals surface area contributed by atoms with Gasteiger partial charge in [-0.15, -0.1) is 0 Å². The van der Waals surface area contributed by atoms with Crippen molar-refractivity contribution in [1.82, 2.24) is 4.98 Å². The molecule has 1 aromatic carbocycles. The molecule has 0 aliphatic heterocycles. The minimum absolute atomic E-state index is 0.399. The third-order valence-corrected chi connectivity index (χ3v) is 3.01. The molecule has 0 saturated heterocycles. The van der Waals surface area contributed by atoms with Gasteiger partial charge in [-0.2, -0.15) is 5.26 Å². The van der Waals surface area contributed by atoms with Crippen LogP contribution in [0.25, 0.3) is 0 Å². The van der Waals surface area contributed by atoms with Crippen molar-refractivity contribution in [3.8, 4) is 6.07 Å². The fourth-order valence-electron chi connectivity index (χ4n) is 1.71. The number of aliphatic hydroxyl groups is 1. The van der Waals surface area contributed by atoms with E-state index in [4.69, 9.17) is 16.9 Å².